The van der Waals surface area contributed by atoms with E-state index in [-0.39, 0.29) is 11.9 Å². The minimum Gasteiger partial charge on any atom is -0.485 e. The number of hydrogen-bond donors (Lipinski definition) is 1. The summed E-state index contributed by atoms with van der Waals surface area (Å²) in [5.74, 6) is -0.00164. The van der Waals surface area contributed by atoms with E-state index >= 15 is 0 Å². The van der Waals surface area contributed by atoms with Gasteiger partial charge in [0.2, 0.25) is 0 Å². The van der Waals surface area contributed by atoms with Gasteiger partial charge >= 0.3 is 0 Å². The van der Waals surface area contributed by atoms with Crippen LogP contribution in [0.5, 0.6) is 5.75 Å². The van der Waals surface area contributed by atoms with Crippen molar-refractivity contribution in [3.05, 3.63) is 62.8 Å². The second-order valence-corrected chi connectivity index (χ2v) is 5.98. The van der Waals surface area contributed by atoms with E-state index in [1.807, 2.05) is 12.1 Å². The summed E-state index contributed by atoms with van der Waals surface area (Å²) >= 11 is 9.40. The molecule has 1 N–H and O–H groups in total. The maximum Gasteiger partial charge on any atom is 0.128 e. The number of ether oxygens (including phenoxy) is 1. The van der Waals surface area contributed by atoms with E-state index in [4.69, 9.17) is 16.3 Å². The Morgan fingerprint density at radius 3 is 2.80 bits per heavy atom. The molecule has 20 heavy (non-hydrogen) atoms. The molecule has 3 rings (SSSR count). The first-order chi connectivity index (χ1) is 9.54. The summed E-state index contributed by atoms with van der Waals surface area (Å²) < 4.78 is 19.9. The monoisotopic (exact) mass is 356 g/mol. The SMILES string of the molecule is O[C@H]1CC(c2ccc(Br)c(Cl)c2)Oc2cc(F)ccc21. The van der Waals surface area contributed by atoms with Crippen LogP contribution in [-0.4, -0.2) is 5.11 Å². The van der Waals surface area contributed by atoms with Gasteiger partial charge in [-0.3, -0.25) is 0 Å². The summed E-state index contributed by atoms with van der Waals surface area (Å²) in [4.78, 5) is 0. The zero-order valence-electron chi connectivity index (χ0n) is 10.3. The van der Waals surface area contributed by atoms with E-state index in [0.29, 0.717) is 22.8 Å². The fourth-order valence-corrected chi connectivity index (χ4v) is 2.77. The predicted octanol–water partition coefficient (Wildman–Crippen LogP) is 4.80. The highest BCUT2D eigenvalue weighted by Gasteiger charge is 2.28. The van der Waals surface area contributed by atoms with Gasteiger partial charge in [-0.05, 0) is 45.8 Å². The van der Waals surface area contributed by atoms with Crippen LogP contribution in [0.3, 0.4) is 0 Å². The van der Waals surface area contributed by atoms with Crippen molar-refractivity contribution < 1.29 is 14.2 Å². The molecule has 1 aliphatic heterocycles. The van der Waals surface area contributed by atoms with Crippen LogP contribution in [0.15, 0.2) is 40.9 Å². The molecule has 0 saturated carbocycles. The highest BCUT2D eigenvalue weighted by atomic mass is 79.9. The van der Waals surface area contributed by atoms with Gasteiger partial charge in [-0.1, -0.05) is 17.7 Å². The van der Waals surface area contributed by atoms with Crippen molar-refractivity contribution in [2.24, 2.45) is 0 Å². The minimum atomic E-state index is -0.674. The van der Waals surface area contributed by atoms with Crippen molar-refractivity contribution in [2.75, 3.05) is 0 Å². The Labute approximate surface area is 129 Å². The molecular formula is C15H11BrClFO2. The lowest BCUT2D eigenvalue weighted by Crippen LogP contribution is -2.19. The molecule has 0 saturated heterocycles. The third-order valence-corrected chi connectivity index (χ3v) is 4.59. The summed E-state index contributed by atoms with van der Waals surface area (Å²) in [5, 5.41) is 10.7. The lowest BCUT2D eigenvalue weighted by Gasteiger charge is -2.30. The van der Waals surface area contributed by atoms with E-state index in [1.54, 1.807) is 12.1 Å². The second-order valence-electron chi connectivity index (χ2n) is 4.71. The third kappa shape index (κ3) is 2.55. The molecule has 2 nitrogen and oxygen atoms in total. The second kappa shape index (κ2) is 5.35. The molecule has 1 heterocycles. The van der Waals surface area contributed by atoms with Crippen LogP contribution in [-0.2, 0) is 0 Å². The molecule has 0 fully saturated rings. The third-order valence-electron chi connectivity index (χ3n) is 3.36. The highest BCUT2D eigenvalue weighted by molar-refractivity contribution is 9.10. The molecule has 0 bridgehead atoms. The number of hydrogen-bond acceptors (Lipinski definition) is 2. The molecule has 0 aromatic heterocycles. The summed E-state index contributed by atoms with van der Waals surface area (Å²) in [7, 11) is 0. The van der Waals surface area contributed by atoms with Crippen molar-refractivity contribution in [3.63, 3.8) is 0 Å². The minimum absolute atomic E-state index is 0.343. The van der Waals surface area contributed by atoms with Crippen LogP contribution >= 0.6 is 27.5 Å². The number of fused-ring (bicyclic) bond motifs is 1. The summed E-state index contributed by atoms with van der Waals surface area (Å²) in [6, 6.07) is 9.66. The topological polar surface area (TPSA) is 29.5 Å². The molecule has 0 radical (unpaired) electrons. The zero-order valence-corrected chi connectivity index (χ0v) is 12.7. The zero-order chi connectivity index (χ0) is 14.3. The Morgan fingerprint density at radius 2 is 2.05 bits per heavy atom. The first-order valence-corrected chi connectivity index (χ1v) is 7.31. The Balaban J connectivity index is 1.96. The maximum atomic E-state index is 13.3. The molecule has 2 atom stereocenters. The fourth-order valence-electron chi connectivity index (χ4n) is 2.33. The average molecular weight is 358 g/mol. The smallest absolute Gasteiger partial charge is 0.128 e. The first kappa shape index (κ1) is 13.9. The van der Waals surface area contributed by atoms with E-state index in [9.17, 15) is 9.50 Å². The molecule has 5 heteroatoms. The van der Waals surface area contributed by atoms with Crippen LogP contribution in [0, 0.1) is 5.82 Å². The molecule has 0 aliphatic carbocycles. The largest absolute Gasteiger partial charge is 0.485 e. The van der Waals surface area contributed by atoms with Crippen molar-refractivity contribution in [1.29, 1.82) is 0 Å². The molecule has 0 amide bonds. The van der Waals surface area contributed by atoms with Gasteiger partial charge in [0, 0.05) is 22.5 Å². The summed E-state index contributed by atoms with van der Waals surface area (Å²) in [5.41, 5.74) is 1.47. The molecule has 104 valence electrons. The average Bonchev–Trinajstić information content (AvgIpc) is 2.41. The van der Waals surface area contributed by atoms with E-state index in [0.717, 1.165) is 10.0 Å². The van der Waals surface area contributed by atoms with Gasteiger partial charge in [-0.2, -0.15) is 0 Å². The summed E-state index contributed by atoms with van der Waals surface area (Å²) in [6.45, 7) is 0. The van der Waals surface area contributed by atoms with Crippen LogP contribution in [0.4, 0.5) is 4.39 Å². The fraction of sp³-hybridized carbons (Fsp3) is 0.200. The number of rotatable bonds is 1. The van der Waals surface area contributed by atoms with Crippen molar-refractivity contribution in [1.82, 2.24) is 0 Å². The predicted molar refractivity (Wildman–Crippen MR) is 78.5 cm³/mol. The van der Waals surface area contributed by atoms with Gasteiger partial charge in [-0.25, -0.2) is 4.39 Å². The molecular weight excluding hydrogens is 347 g/mol. The van der Waals surface area contributed by atoms with E-state index in [2.05, 4.69) is 15.9 Å². The van der Waals surface area contributed by atoms with E-state index < -0.39 is 6.10 Å². The van der Waals surface area contributed by atoms with Gasteiger partial charge in [0.15, 0.2) is 0 Å². The van der Waals surface area contributed by atoms with Crippen LogP contribution < -0.4 is 4.74 Å². The lowest BCUT2D eigenvalue weighted by molar-refractivity contribution is 0.0654. The van der Waals surface area contributed by atoms with Crippen LogP contribution in [0.25, 0.3) is 0 Å². The Morgan fingerprint density at radius 1 is 1.25 bits per heavy atom. The van der Waals surface area contributed by atoms with Crippen LogP contribution in [0.1, 0.15) is 29.8 Å². The van der Waals surface area contributed by atoms with Gasteiger partial charge in [0.1, 0.15) is 17.7 Å². The molecule has 1 unspecified atom stereocenters. The normalized spacial score (nSPS) is 21.2. The standard InChI is InChI=1S/C15H11BrClFO2/c16-11-4-1-8(5-12(11)17)14-7-13(19)10-3-2-9(18)6-15(10)20-14/h1-6,13-14,19H,7H2/t13-,14?/m0/s1. The highest BCUT2D eigenvalue weighted by Crippen LogP contribution is 2.41. The summed E-state index contributed by atoms with van der Waals surface area (Å²) in [6.07, 6.45) is -0.604. The van der Waals surface area contributed by atoms with Gasteiger partial charge < -0.3 is 9.84 Å². The van der Waals surface area contributed by atoms with Gasteiger partial charge in [0.25, 0.3) is 0 Å². The Hall–Kier alpha value is -1.10. The number of benzene rings is 2. The number of halogens is 3. The lowest BCUT2D eigenvalue weighted by atomic mass is 9.95. The van der Waals surface area contributed by atoms with Crippen molar-refractivity contribution >= 4 is 27.5 Å². The van der Waals surface area contributed by atoms with Gasteiger partial charge in [0.05, 0.1) is 11.1 Å². The number of aliphatic hydroxyl groups excluding tert-OH is 1. The number of aliphatic hydroxyl groups is 1. The molecule has 1 aliphatic rings. The first-order valence-electron chi connectivity index (χ1n) is 6.13. The quantitative estimate of drug-likeness (QED) is 0.794. The van der Waals surface area contributed by atoms with Crippen molar-refractivity contribution in [3.8, 4) is 5.75 Å². The Bertz CT molecular complexity index is 662. The molecule has 2 aromatic rings. The van der Waals surface area contributed by atoms with Gasteiger partial charge in [-0.15, -0.1) is 0 Å². The van der Waals surface area contributed by atoms with E-state index in [1.165, 1.54) is 12.1 Å². The molecule has 0 spiro atoms. The Kier molecular flexibility index (Phi) is 3.71. The molecule has 2 aromatic carbocycles. The van der Waals surface area contributed by atoms with Crippen LogP contribution in [0.2, 0.25) is 5.02 Å². The maximum absolute atomic E-state index is 13.3. The van der Waals surface area contributed by atoms with Crippen molar-refractivity contribution in [2.45, 2.75) is 18.6 Å².